The van der Waals surface area contributed by atoms with Gasteiger partial charge in [-0.15, -0.1) is 35.3 Å². The zero-order chi connectivity index (χ0) is 20.7. The summed E-state index contributed by atoms with van der Waals surface area (Å²) in [5, 5.41) is 7.27. The number of guanidine groups is 1. The molecule has 0 aliphatic carbocycles. The number of furan rings is 1. The average molecular weight is 550 g/mol. The summed E-state index contributed by atoms with van der Waals surface area (Å²) in [5.74, 6) is 1.34. The highest BCUT2D eigenvalue weighted by molar-refractivity contribution is 14.0. The second-order valence-electron chi connectivity index (χ2n) is 6.34. The first-order valence-corrected chi connectivity index (χ1v) is 9.84. The number of nitrogens with zero attached hydrogens (tertiary/aromatic N) is 2. The summed E-state index contributed by atoms with van der Waals surface area (Å²) in [5.41, 5.74) is -0.194. The van der Waals surface area contributed by atoms with Crippen molar-refractivity contribution in [1.29, 1.82) is 0 Å². The number of hydrogen-bond acceptors (Lipinski definition) is 4. The first kappa shape index (κ1) is 24.2. The van der Waals surface area contributed by atoms with E-state index in [2.05, 4.69) is 20.6 Å². The van der Waals surface area contributed by atoms with Gasteiger partial charge in [0.15, 0.2) is 5.96 Å². The Kier molecular flexibility index (Phi) is 9.15. The maximum absolute atomic E-state index is 12.9. The molecule has 3 aromatic rings. The Morgan fingerprint density at radius 3 is 2.70 bits per heavy atom. The van der Waals surface area contributed by atoms with Crippen molar-refractivity contribution in [1.82, 2.24) is 15.6 Å². The van der Waals surface area contributed by atoms with E-state index in [4.69, 9.17) is 4.42 Å². The van der Waals surface area contributed by atoms with Crippen molar-refractivity contribution in [3.8, 4) is 0 Å². The summed E-state index contributed by atoms with van der Waals surface area (Å²) >= 11 is 1.57. The van der Waals surface area contributed by atoms with E-state index in [1.165, 1.54) is 6.07 Å². The van der Waals surface area contributed by atoms with Crippen LogP contribution in [0.1, 0.15) is 26.8 Å². The highest BCUT2D eigenvalue weighted by Crippen LogP contribution is 2.29. The first-order valence-electron chi connectivity index (χ1n) is 9.02. The van der Waals surface area contributed by atoms with Gasteiger partial charge in [0.25, 0.3) is 0 Å². The predicted molar refractivity (Wildman–Crippen MR) is 122 cm³/mol. The topological polar surface area (TPSA) is 62.5 Å². The van der Waals surface area contributed by atoms with Gasteiger partial charge in [-0.05, 0) is 36.8 Å². The number of thiazole rings is 1. The van der Waals surface area contributed by atoms with Crippen molar-refractivity contribution in [3.63, 3.8) is 0 Å². The number of aliphatic imine (C=N–C) groups is 1. The van der Waals surface area contributed by atoms with E-state index >= 15 is 0 Å². The van der Waals surface area contributed by atoms with Crippen LogP contribution < -0.4 is 10.6 Å². The Morgan fingerprint density at radius 1 is 1.20 bits per heavy atom. The van der Waals surface area contributed by atoms with Crippen LogP contribution in [0.5, 0.6) is 0 Å². The summed E-state index contributed by atoms with van der Waals surface area (Å²) in [6, 6.07) is 8.90. The summed E-state index contributed by atoms with van der Waals surface area (Å²) in [6.45, 7) is 3.15. The second-order valence-corrected chi connectivity index (χ2v) is 7.66. The highest BCUT2D eigenvalue weighted by atomic mass is 127. The van der Waals surface area contributed by atoms with Crippen molar-refractivity contribution in [2.75, 3.05) is 6.54 Å². The molecule has 0 bridgehead atoms. The van der Waals surface area contributed by atoms with Crippen LogP contribution >= 0.6 is 35.3 Å². The maximum atomic E-state index is 12.9. The lowest BCUT2D eigenvalue weighted by Crippen LogP contribution is -2.38. The minimum Gasteiger partial charge on any atom is -0.469 e. The molecule has 0 saturated carbocycles. The molecule has 10 heteroatoms. The van der Waals surface area contributed by atoms with Crippen LogP contribution in [0, 0.1) is 6.92 Å². The van der Waals surface area contributed by atoms with E-state index in [-0.39, 0.29) is 30.5 Å². The van der Waals surface area contributed by atoms with Gasteiger partial charge >= 0.3 is 6.18 Å². The standard InChI is InChI=1S/C20H21F3N4OS.HI/c1-14-11-25-18(29-14)13-27-19(24-8-7-17-6-3-9-28-17)26-12-15-4-2-5-16(10-15)20(21,22)23;/h2-6,9-11H,7-8,12-13H2,1H3,(H2,24,26,27);1H. The van der Waals surface area contributed by atoms with Gasteiger partial charge in [0.05, 0.1) is 24.9 Å². The zero-order valence-electron chi connectivity index (χ0n) is 16.2. The number of benzene rings is 1. The number of hydrogen-bond donors (Lipinski definition) is 2. The molecule has 0 amide bonds. The third kappa shape index (κ3) is 7.63. The van der Waals surface area contributed by atoms with Gasteiger partial charge in [-0.25, -0.2) is 9.98 Å². The Hall–Kier alpha value is -2.08. The van der Waals surface area contributed by atoms with Crippen molar-refractivity contribution in [2.24, 2.45) is 4.99 Å². The van der Waals surface area contributed by atoms with Crippen LogP contribution in [0.3, 0.4) is 0 Å². The van der Waals surface area contributed by atoms with E-state index in [9.17, 15) is 13.2 Å². The minimum atomic E-state index is -4.37. The number of rotatable bonds is 7. The van der Waals surface area contributed by atoms with Gasteiger partial charge in [0.2, 0.25) is 0 Å². The van der Waals surface area contributed by atoms with Crippen LogP contribution in [0.25, 0.3) is 0 Å². The first-order chi connectivity index (χ1) is 13.9. The van der Waals surface area contributed by atoms with Gasteiger partial charge in [0.1, 0.15) is 10.8 Å². The molecule has 3 rings (SSSR count). The van der Waals surface area contributed by atoms with Crippen molar-refractivity contribution in [3.05, 3.63) is 75.6 Å². The molecule has 0 saturated heterocycles. The molecule has 1 aromatic carbocycles. The minimum absolute atomic E-state index is 0. The molecule has 162 valence electrons. The van der Waals surface area contributed by atoms with E-state index in [1.54, 1.807) is 29.9 Å². The second kappa shape index (κ2) is 11.3. The molecule has 2 N–H and O–H groups in total. The number of nitrogens with one attached hydrogen (secondary N) is 2. The molecule has 0 unspecified atom stereocenters. The van der Waals surface area contributed by atoms with Crippen molar-refractivity contribution < 1.29 is 17.6 Å². The van der Waals surface area contributed by atoms with Gasteiger partial charge in [-0.3, -0.25) is 0 Å². The van der Waals surface area contributed by atoms with E-state index in [0.717, 1.165) is 27.8 Å². The lowest BCUT2D eigenvalue weighted by molar-refractivity contribution is -0.137. The van der Waals surface area contributed by atoms with Gasteiger partial charge in [0, 0.05) is 24.0 Å². The number of aryl methyl sites for hydroxylation is 1. The average Bonchev–Trinajstić information content (AvgIpc) is 3.35. The number of aromatic nitrogens is 1. The van der Waals surface area contributed by atoms with E-state index < -0.39 is 11.7 Å². The smallest absolute Gasteiger partial charge is 0.416 e. The van der Waals surface area contributed by atoms with Gasteiger partial charge < -0.3 is 15.1 Å². The van der Waals surface area contributed by atoms with Crippen LogP contribution in [0.15, 0.2) is 58.3 Å². The van der Waals surface area contributed by atoms with Crippen molar-refractivity contribution in [2.45, 2.75) is 32.6 Å². The fraction of sp³-hybridized carbons (Fsp3) is 0.300. The molecule has 0 atom stereocenters. The quantitative estimate of drug-likeness (QED) is 0.243. The Balaban J connectivity index is 0.00000320. The van der Waals surface area contributed by atoms with Crippen LogP contribution in [-0.4, -0.2) is 17.5 Å². The van der Waals surface area contributed by atoms with Crippen molar-refractivity contribution >= 4 is 41.3 Å². The molecule has 0 spiro atoms. The Labute approximate surface area is 193 Å². The monoisotopic (exact) mass is 550 g/mol. The van der Waals surface area contributed by atoms with E-state index in [1.807, 2.05) is 19.1 Å². The summed E-state index contributed by atoms with van der Waals surface area (Å²) in [6.07, 6.45) is -0.301. The molecule has 30 heavy (non-hydrogen) atoms. The SMILES string of the molecule is Cc1cnc(CNC(=NCc2cccc(C(F)(F)F)c2)NCCc2ccco2)s1.I. The molecule has 0 aliphatic rings. The summed E-state index contributed by atoms with van der Waals surface area (Å²) < 4.78 is 44.0. The third-order valence-electron chi connectivity index (χ3n) is 3.99. The molecule has 5 nitrogen and oxygen atoms in total. The van der Waals surface area contributed by atoms with Crippen LogP contribution in [-0.2, 0) is 25.7 Å². The zero-order valence-corrected chi connectivity index (χ0v) is 19.3. The number of alkyl halides is 3. The highest BCUT2D eigenvalue weighted by Gasteiger charge is 2.30. The lowest BCUT2D eigenvalue weighted by atomic mass is 10.1. The molecule has 0 aliphatic heterocycles. The molecule has 0 radical (unpaired) electrons. The summed E-state index contributed by atoms with van der Waals surface area (Å²) in [4.78, 5) is 9.84. The van der Waals surface area contributed by atoms with Crippen LogP contribution in [0.4, 0.5) is 13.2 Å². The lowest BCUT2D eigenvalue weighted by Gasteiger charge is -2.12. The van der Waals surface area contributed by atoms with Gasteiger partial charge in [-0.2, -0.15) is 13.2 Å². The Bertz CT molecular complexity index is 942. The maximum Gasteiger partial charge on any atom is 0.416 e. The third-order valence-corrected chi connectivity index (χ3v) is 4.91. The van der Waals surface area contributed by atoms with Crippen LogP contribution in [0.2, 0.25) is 0 Å². The molecule has 2 heterocycles. The Morgan fingerprint density at radius 2 is 2.03 bits per heavy atom. The molecular formula is C20H22F3IN4OS. The van der Waals surface area contributed by atoms with Gasteiger partial charge in [-0.1, -0.05) is 12.1 Å². The molecule has 0 fully saturated rings. The molecular weight excluding hydrogens is 528 g/mol. The fourth-order valence-electron chi connectivity index (χ4n) is 2.59. The molecule has 2 aromatic heterocycles. The number of halogens is 4. The van der Waals surface area contributed by atoms with E-state index in [0.29, 0.717) is 31.0 Å². The fourth-order valence-corrected chi connectivity index (χ4v) is 3.32. The predicted octanol–water partition coefficient (Wildman–Crippen LogP) is 5.16. The summed E-state index contributed by atoms with van der Waals surface area (Å²) in [7, 11) is 0. The normalized spacial score (nSPS) is 11.8. The largest absolute Gasteiger partial charge is 0.469 e.